The van der Waals surface area contributed by atoms with Gasteiger partial charge < -0.3 is 15.7 Å². The molecular formula is C15H19N3O2S. The summed E-state index contributed by atoms with van der Waals surface area (Å²) in [6.07, 6.45) is 2.98. The molecular weight excluding hydrogens is 286 g/mol. The van der Waals surface area contributed by atoms with E-state index in [2.05, 4.69) is 23.6 Å². The average molecular weight is 305 g/mol. The number of thiophene rings is 1. The molecule has 2 aliphatic rings. The molecule has 0 spiro atoms. The highest BCUT2D eigenvalue weighted by atomic mass is 32.1. The first-order valence-corrected chi connectivity index (χ1v) is 8.17. The minimum atomic E-state index is -0.464. The number of nitrogens with one attached hydrogen (secondary N) is 2. The number of carbonyl (C=O) groups is 1. The van der Waals surface area contributed by atoms with Gasteiger partial charge in [-0.05, 0) is 37.2 Å². The first-order chi connectivity index (χ1) is 10.1. The van der Waals surface area contributed by atoms with E-state index >= 15 is 0 Å². The molecule has 0 radical (unpaired) electrons. The summed E-state index contributed by atoms with van der Waals surface area (Å²) < 4.78 is 0. The molecule has 1 fully saturated rings. The Morgan fingerprint density at radius 2 is 2.38 bits per heavy atom. The highest BCUT2D eigenvalue weighted by molar-refractivity contribution is 7.16. The van der Waals surface area contributed by atoms with Crippen LogP contribution in [0.3, 0.4) is 0 Å². The number of nitrogens with zero attached hydrogens (tertiary/aromatic N) is 1. The second kappa shape index (κ2) is 5.76. The number of amides is 1. The molecule has 1 amide bonds. The van der Waals surface area contributed by atoms with Crippen molar-refractivity contribution in [1.29, 1.82) is 5.26 Å². The van der Waals surface area contributed by atoms with Crippen molar-refractivity contribution in [3.05, 3.63) is 16.0 Å². The summed E-state index contributed by atoms with van der Waals surface area (Å²) in [6.45, 7) is 2.67. The molecule has 5 nitrogen and oxygen atoms in total. The first kappa shape index (κ1) is 14.5. The van der Waals surface area contributed by atoms with Gasteiger partial charge in [0.2, 0.25) is 5.91 Å². The third-order valence-electron chi connectivity index (χ3n) is 4.28. The number of fused-ring (bicyclic) bond motifs is 1. The summed E-state index contributed by atoms with van der Waals surface area (Å²) in [5.41, 5.74) is 1.75. The maximum atomic E-state index is 12.2. The van der Waals surface area contributed by atoms with Crippen LogP contribution in [0.2, 0.25) is 0 Å². The van der Waals surface area contributed by atoms with Crippen molar-refractivity contribution < 1.29 is 9.90 Å². The zero-order chi connectivity index (χ0) is 15.0. The highest BCUT2D eigenvalue weighted by Crippen LogP contribution is 2.39. The van der Waals surface area contributed by atoms with Crippen molar-refractivity contribution in [3.8, 4) is 6.07 Å². The van der Waals surface area contributed by atoms with Gasteiger partial charge >= 0.3 is 0 Å². The number of hydrogen-bond acceptors (Lipinski definition) is 5. The largest absolute Gasteiger partial charge is 0.392 e. The van der Waals surface area contributed by atoms with E-state index < -0.39 is 6.10 Å². The lowest BCUT2D eigenvalue weighted by atomic mass is 9.88. The highest BCUT2D eigenvalue weighted by Gasteiger charge is 2.30. The number of aliphatic hydroxyl groups is 1. The van der Waals surface area contributed by atoms with E-state index in [1.165, 1.54) is 16.2 Å². The number of aliphatic hydroxyl groups excluding tert-OH is 1. The minimum absolute atomic E-state index is 0.158. The molecule has 0 aromatic carbocycles. The minimum Gasteiger partial charge on any atom is -0.392 e. The SMILES string of the molecule is CC1CCc2c(sc(NC(=O)C3CC(O)CN3)c2C#N)C1. The van der Waals surface area contributed by atoms with Gasteiger partial charge in [-0.15, -0.1) is 11.3 Å². The Morgan fingerprint density at radius 3 is 3.05 bits per heavy atom. The summed E-state index contributed by atoms with van der Waals surface area (Å²) in [7, 11) is 0. The van der Waals surface area contributed by atoms with Crippen LogP contribution in [0.4, 0.5) is 5.00 Å². The number of β-amino-alcohol motifs (C(OH)–C–C–N with tert-alkyl or cyclic N) is 1. The van der Waals surface area contributed by atoms with Crippen molar-refractivity contribution >= 4 is 22.2 Å². The van der Waals surface area contributed by atoms with Gasteiger partial charge in [0.15, 0.2) is 0 Å². The molecule has 1 aliphatic heterocycles. The molecule has 3 unspecified atom stereocenters. The molecule has 2 heterocycles. The smallest absolute Gasteiger partial charge is 0.242 e. The van der Waals surface area contributed by atoms with Crippen LogP contribution >= 0.6 is 11.3 Å². The number of rotatable bonds is 2. The molecule has 0 bridgehead atoms. The van der Waals surface area contributed by atoms with E-state index in [0.717, 1.165) is 24.8 Å². The Labute approximate surface area is 128 Å². The second-order valence-corrected chi connectivity index (χ2v) is 7.11. The first-order valence-electron chi connectivity index (χ1n) is 7.35. The Hall–Kier alpha value is -1.42. The number of carbonyl (C=O) groups excluding carboxylic acids is 1. The lowest BCUT2D eigenvalue weighted by Crippen LogP contribution is -2.35. The molecule has 1 saturated heterocycles. The zero-order valence-electron chi connectivity index (χ0n) is 12.0. The number of hydrogen-bond donors (Lipinski definition) is 3. The topological polar surface area (TPSA) is 85.2 Å². The lowest BCUT2D eigenvalue weighted by molar-refractivity contribution is -0.117. The number of anilines is 1. The monoisotopic (exact) mass is 305 g/mol. The molecule has 1 aliphatic carbocycles. The van der Waals surface area contributed by atoms with Gasteiger partial charge in [-0.2, -0.15) is 5.26 Å². The predicted molar refractivity (Wildman–Crippen MR) is 81.3 cm³/mol. The maximum Gasteiger partial charge on any atom is 0.242 e. The molecule has 112 valence electrons. The molecule has 21 heavy (non-hydrogen) atoms. The van der Waals surface area contributed by atoms with E-state index in [4.69, 9.17) is 0 Å². The van der Waals surface area contributed by atoms with Gasteiger partial charge in [0.25, 0.3) is 0 Å². The molecule has 6 heteroatoms. The second-order valence-electron chi connectivity index (χ2n) is 6.01. The molecule has 3 rings (SSSR count). The van der Waals surface area contributed by atoms with Gasteiger partial charge in [0.1, 0.15) is 11.1 Å². The van der Waals surface area contributed by atoms with Crippen LogP contribution in [0.15, 0.2) is 0 Å². The Bertz CT molecular complexity index is 605. The summed E-state index contributed by atoms with van der Waals surface area (Å²) >= 11 is 1.53. The van der Waals surface area contributed by atoms with Crippen LogP contribution in [0.1, 0.15) is 35.8 Å². The maximum absolute atomic E-state index is 12.2. The Kier molecular flexibility index (Phi) is 3.98. The van der Waals surface area contributed by atoms with Crippen molar-refractivity contribution in [2.45, 2.75) is 44.8 Å². The molecule has 1 aromatic heterocycles. The van der Waals surface area contributed by atoms with Crippen LogP contribution in [-0.4, -0.2) is 29.7 Å². The predicted octanol–water partition coefficient (Wildman–Crippen LogP) is 1.41. The van der Waals surface area contributed by atoms with Gasteiger partial charge in [-0.25, -0.2) is 0 Å². The summed E-state index contributed by atoms with van der Waals surface area (Å²) in [5, 5.41) is 25.4. The van der Waals surface area contributed by atoms with E-state index in [-0.39, 0.29) is 11.9 Å². The van der Waals surface area contributed by atoms with Crippen molar-refractivity contribution in [2.24, 2.45) is 5.92 Å². The van der Waals surface area contributed by atoms with E-state index in [1.54, 1.807) is 0 Å². The van der Waals surface area contributed by atoms with E-state index in [9.17, 15) is 15.2 Å². The van der Waals surface area contributed by atoms with Crippen LogP contribution < -0.4 is 10.6 Å². The molecule has 1 aromatic rings. The van der Waals surface area contributed by atoms with Gasteiger partial charge in [-0.3, -0.25) is 4.79 Å². The molecule has 3 N–H and O–H groups in total. The standard InChI is InChI=1S/C15H19N3O2S/c1-8-2-3-10-11(6-16)15(21-13(10)4-8)18-14(20)12-5-9(19)7-17-12/h8-9,12,17,19H,2-5,7H2,1H3,(H,18,20). The normalized spacial score (nSPS) is 28.0. The number of nitriles is 1. The fourth-order valence-electron chi connectivity index (χ4n) is 3.07. The summed E-state index contributed by atoms with van der Waals surface area (Å²) in [4.78, 5) is 13.5. The van der Waals surface area contributed by atoms with E-state index in [1.807, 2.05) is 0 Å². The van der Waals surface area contributed by atoms with Gasteiger partial charge in [-0.1, -0.05) is 6.92 Å². The third-order valence-corrected chi connectivity index (χ3v) is 5.45. The Morgan fingerprint density at radius 1 is 1.57 bits per heavy atom. The zero-order valence-corrected chi connectivity index (χ0v) is 12.8. The van der Waals surface area contributed by atoms with Crippen LogP contribution in [0.5, 0.6) is 0 Å². The van der Waals surface area contributed by atoms with Crippen LogP contribution in [0, 0.1) is 17.2 Å². The third kappa shape index (κ3) is 2.82. The van der Waals surface area contributed by atoms with Crippen LogP contribution in [0.25, 0.3) is 0 Å². The molecule has 0 saturated carbocycles. The van der Waals surface area contributed by atoms with Crippen molar-refractivity contribution in [1.82, 2.24) is 5.32 Å². The fourth-order valence-corrected chi connectivity index (χ4v) is 4.44. The van der Waals surface area contributed by atoms with Crippen molar-refractivity contribution in [2.75, 3.05) is 11.9 Å². The van der Waals surface area contributed by atoms with Gasteiger partial charge in [0.05, 0.1) is 17.7 Å². The van der Waals surface area contributed by atoms with Crippen molar-refractivity contribution in [3.63, 3.8) is 0 Å². The van der Waals surface area contributed by atoms with Gasteiger partial charge in [0, 0.05) is 11.4 Å². The van der Waals surface area contributed by atoms with E-state index in [0.29, 0.717) is 29.4 Å². The summed E-state index contributed by atoms with van der Waals surface area (Å²) in [5.74, 6) is 0.479. The molecule has 3 atom stereocenters. The summed E-state index contributed by atoms with van der Waals surface area (Å²) in [6, 6.07) is 1.88. The lowest BCUT2D eigenvalue weighted by Gasteiger charge is -2.17. The van der Waals surface area contributed by atoms with Crippen LogP contribution in [-0.2, 0) is 17.6 Å². The Balaban J connectivity index is 1.80. The quantitative estimate of drug-likeness (QED) is 0.771. The average Bonchev–Trinajstić information content (AvgIpc) is 3.01. The fraction of sp³-hybridized carbons (Fsp3) is 0.600.